The van der Waals surface area contributed by atoms with Crippen molar-refractivity contribution in [2.75, 3.05) is 19.0 Å². The molecule has 20 heavy (non-hydrogen) atoms. The van der Waals surface area contributed by atoms with Gasteiger partial charge in [0.05, 0.1) is 0 Å². The average molecular weight is 277 g/mol. The van der Waals surface area contributed by atoms with E-state index in [1.54, 1.807) is 7.11 Å². The first-order valence-corrected chi connectivity index (χ1v) is 7.94. The maximum absolute atomic E-state index is 5.57. The predicted molar refractivity (Wildman–Crippen MR) is 82.1 cm³/mol. The lowest BCUT2D eigenvalue weighted by molar-refractivity contribution is 0.0874. The second-order valence-electron chi connectivity index (χ2n) is 5.56. The van der Waals surface area contributed by atoms with E-state index in [0.29, 0.717) is 5.92 Å². The fraction of sp³-hybridized carbons (Fsp3) is 0.750. The van der Waals surface area contributed by atoms with Gasteiger partial charge in [-0.15, -0.1) is 0 Å². The van der Waals surface area contributed by atoms with E-state index in [-0.39, 0.29) is 6.10 Å². The van der Waals surface area contributed by atoms with E-state index in [1.807, 2.05) is 0 Å². The van der Waals surface area contributed by atoms with Crippen LogP contribution in [0.5, 0.6) is 0 Å². The van der Waals surface area contributed by atoms with Crippen LogP contribution in [-0.4, -0.2) is 23.6 Å². The highest BCUT2D eigenvalue weighted by molar-refractivity contribution is 5.37. The summed E-state index contributed by atoms with van der Waals surface area (Å²) in [5, 5.41) is 3.33. The molecule has 0 spiro atoms. The number of rotatable bonds is 7. The summed E-state index contributed by atoms with van der Waals surface area (Å²) in [7, 11) is 1.75. The maximum Gasteiger partial charge on any atom is 0.159 e. The molecular weight excluding hydrogens is 250 g/mol. The van der Waals surface area contributed by atoms with Crippen molar-refractivity contribution in [1.29, 1.82) is 0 Å². The van der Waals surface area contributed by atoms with Crippen molar-refractivity contribution in [3.05, 3.63) is 17.6 Å². The van der Waals surface area contributed by atoms with Crippen LogP contribution in [0.1, 0.15) is 75.9 Å². The molecule has 0 saturated heterocycles. The zero-order valence-electron chi connectivity index (χ0n) is 13.0. The molecule has 1 N–H and O–H groups in total. The monoisotopic (exact) mass is 277 g/mol. The normalized spacial score (nSPS) is 17.4. The van der Waals surface area contributed by atoms with E-state index in [9.17, 15) is 0 Å². The predicted octanol–water partition coefficient (Wildman–Crippen LogP) is 4.05. The Kier molecular flexibility index (Phi) is 5.77. The van der Waals surface area contributed by atoms with E-state index in [4.69, 9.17) is 9.72 Å². The second-order valence-corrected chi connectivity index (χ2v) is 5.56. The summed E-state index contributed by atoms with van der Waals surface area (Å²) in [5.41, 5.74) is 1.20. The number of methoxy groups -OCH3 is 1. The zero-order valence-corrected chi connectivity index (χ0v) is 13.0. The molecule has 1 aliphatic carbocycles. The molecule has 1 saturated carbocycles. The van der Waals surface area contributed by atoms with Gasteiger partial charge in [0.15, 0.2) is 5.82 Å². The average Bonchev–Trinajstić information content (AvgIpc) is 2.99. The van der Waals surface area contributed by atoms with Crippen molar-refractivity contribution < 1.29 is 4.74 Å². The van der Waals surface area contributed by atoms with Crippen molar-refractivity contribution in [3.63, 3.8) is 0 Å². The third-order valence-corrected chi connectivity index (χ3v) is 4.02. The Bertz CT molecular complexity index is 416. The number of hydrogen-bond acceptors (Lipinski definition) is 4. The van der Waals surface area contributed by atoms with Crippen LogP contribution in [0, 0.1) is 0 Å². The standard InChI is InChI=1S/C16H27N3O/c1-4-8-14(20-3)16-18-13(12-9-6-7-10-12)11-15(19-16)17-5-2/h11-12,14H,4-10H2,1-3H3,(H,17,18,19). The van der Waals surface area contributed by atoms with Crippen LogP contribution in [-0.2, 0) is 4.74 Å². The van der Waals surface area contributed by atoms with Crippen LogP contribution in [0.4, 0.5) is 5.82 Å². The van der Waals surface area contributed by atoms with E-state index in [1.165, 1.54) is 31.4 Å². The lowest BCUT2D eigenvalue weighted by Crippen LogP contribution is -2.12. The Morgan fingerprint density at radius 3 is 2.65 bits per heavy atom. The minimum absolute atomic E-state index is 0.0127. The van der Waals surface area contributed by atoms with Gasteiger partial charge in [-0.25, -0.2) is 9.97 Å². The largest absolute Gasteiger partial charge is 0.373 e. The zero-order chi connectivity index (χ0) is 14.4. The van der Waals surface area contributed by atoms with Crippen LogP contribution in [0.2, 0.25) is 0 Å². The first-order valence-electron chi connectivity index (χ1n) is 7.94. The highest BCUT2D eigenvalue weighted by Gasteiger charge is 2.22. The molecule has 2 rings (SSSR count). The summed E-state index contributed by atoms with van der Waals surface area (Å²) in [6, 6.07) is 2.13. The minimum atomic E-state index is 0.0127. The van der Waals surface area contributed by atoms with Crippen molar-refractivity contribution in [2.24, 2.45) is 0 Å². The summed E-state index contributed by atoms with van der Waals surface area (Å²) in [6.45, 7) is 5.14. The molecule has 112 valence electrons. The van der Waals surface area contributed by atoms with Gasteiger partial charge >= 0.3 is 0 Å². The van der Waals surface area contributed by atoms with Gasteiger partial charge in [-0.1, -0.05) is 26.2 Å². The number of hydrogen-bond donors (Lipinski definition) is 1. The molecule has 0 aromatic carbocycles. The highest BCUT2D eigenvalue weighted by Crippen LogP contribution is 2.34. The van der Waals surface area contributed by atoms with Crippen molar-refractivity contribution >= 4 is 5.82 Å². The summed E-state index contributed by atoms with van der Waals surface area (Å²) in [6.07, 6.45) is 7.22. The molecule has 0 radical (unpaired) electrons. The fourth-order valence-electron chi connectivity index (χ4n) is 2.95. The van der Waals surface area contributed by atoms with E-state index in [2.05, 4.69) is 30.2 Å². The van der Waals surface area contributed by atoms with Gasteiger partial charge in [-0.3, -0.25) is 0 Å². The van der Waals surface area contributed by atoms with E-state index < -0.39 is 0 Å². The number of nitrogens with zero attached hydrogens (tertiary/aromatic N) is 2. The highest BCUT2D eigenvalue weighted by atomic mass is 16.5. The Balaban J connectivity index is 2.28. The number of anilines is 1. The molecule has 0 aliphatic heterocycles. The topological polar surface area (TPSA) is 47.0 Å². The van der Waals surface area contributed by atoms with Gasteiger partial charge < -0.3 is 10.1 Å². The lowest BCUT2D eigenvalue weighted by atomic mass is 10.0. The summed E-state index contributed by atoms with van der Waals surface area (Å²) >= 11 is 0. The SMILES string of the molecule is CCCC(OC)c1nc(NCC)cc(C2CCCC2)n1. The van der Waals surface area contributed by atoms with Gasteiger partial charge in [-0.2, -0.15) is 0 Å². The minimum Gasteiger partial charge on any atom is -0.373 e. The molecule has 0 bridgehead atoms. The van der Waals surface area contributed by atoms with Gasteiger partial charge in [0.25, 0.3) is 0 Å². The Morgan fingerprint density at radius 1 is 1.30 bits per heavy atom. The first-order chi connectivity index (χ1) is 9.78. The molecule has 4 nitrogen and oxygen atoms in total. The molecule has 0 amide bonds. The third kappa shape index (κ3) is 3.69. The number of aromatic nitrogens is 2. The molecule has 1 aliphatic rings. The van der Waals surface area contributed by atoms with Gasteiger partial charge in [0, 0.05) is 31.3 Å². The van der Waals surface area contributed by atoms with E-state index >= 15 is 0 Å². The van der Waals surface area contributed by atoms with Crippen molar-refractivity contribution in [2.45, 2.75) is 64.4 Å². The molecule has 1 heterocycles. The number of ether oxygens (including phenoxy) is 1. The molecule has 1 atom stereocenters. The van der Waals surface area contributed by atoms with Crippen LogP contribution in [0.15, 0.2) is 6.07 Å². The van der Waals surface area contributed by atoms with Gasteiger partial charge in [-0.05, 0) is 26.2 Å². The molecule has 1 aromatic rings. The van der Waals surface area contributed by atoms with Crippen LogP contribution >= 0.6 is 0 Å². The van der Waals surface area contributed by atoms with Gasteiger partial charge in [0.1, 0.15) is 11.9 Å². The number of nitrogens with one attached hydrogen (secondary N) is 1. The smallest absolute Gasteiger partial charge is 0.159 e. The fourth-order valence-corrected chi connectivity index (χ4v) is 2.95. The maximum atomic E-state index is 5.57. The molecule has 1 fully saturated rings. The third-order valence-electron chi connectivity index (χ3n) is 4.02. The van der Waals surface area contributed by atoms with E-state index in [0.717, 1.165) is 31.0 Å². The molecule has 4 heteroatoms. The Hall–Kier alpha value is -1.16. The van der Waals surface area contributed by atoms with Gasteiger partial charge in [0.2, 0.25) is 0 Å². The molecular formula is C16H27N3O. The molecule has 1 aromatic heterocycles. The van der Waals surface area contributed by atoms with Crippen molar-refractivity contribution in [3.8, 4) is 0 Å². The first kappa shape index (κ1) is 15.2. The second kappa shape index (κ2) is 7.58. The van der Waals surface area contributed by atoms with Crippen LogP contribution in [0.3, 0.4) is 0 Å². The summed E-state index contributed by atoms with van der Waals surface area (Å²) < 4.78 is 5.57. The lowest BCUT2D eigenvalue weighted by Gasteiger charge is -2.17. The summed E-state index contributed by atoms with van der Waals surface area (Å²) in [5.74, 6) is 2.39. The Labute approximate surface area is 122 Å². The van der Waals surface area contributed by atoms with Crippen molar-refractivity contribution in [1.82, 2.24) is 9.97 Å². The summed E-state index contributed by atoms with van der Waals surface area (Å²) in [4.78, 5) is 9.45. The quantitative estimate of drug-likeness (QED) is 0.816. The molecule has 1 unspecified atom stereocenters. The van der Waals surface area contributed by atoms with Crippen LogP contribution in [0.25, 0.3) is 0 Å². The Morgan fingerprint density at radius 2 is 2.05 bits per heavy atom. The van der Waals surface area contributed by atoms with Crippen LogP contribution < -0.4 is 5.32 Å².